The lowest BCUT2D eigenvalue weighted by atomic mass is 10.0. The molecule has 1 fully saturated rings. The third-order valence-corrected chi connectivity index (χ3v) is 4.95. The summed E-state index contributed by atoms with van der Waals surface area (Å²) in [5, 5.41) is 0. The van der Waals surface area contributed by atoms with Gasteiger partial charge >= 0.3 is 0 Å². The molecule has 18 heavy (non-hydrogen) atoms. The summed E-state index contributed by atoms with van der Waals surface area (Å²) in [6.45, 7) is 2.52. The number of benzene rings is 1. The second-order valence-electron chi connectivity index (χ2n) is 5.07. The van der Waals surface area contributed by atoms with Gasteiger partial charge in [0.05, 0.1) is 19.3 Å². The van der Waals surface area contributed by atoms with E-state index in [1.165, 1.54) is 23.3 Å². The first-order valence-electron chi connectivity index (χ1n) is 6.84. The van der Waals surface area contributed by atoms with E-state index in [0.717, 1.165) is 32.0 Å². The normalized spacial score (nSPS) is 27.1. The molecule has 0 saturated carbocycles. The summed E-state index contributed by atoms with van der Waals surface area (Å²) in [4.78, 5) is 1.43. The number of ether oxygens (including phenoxy) is 2. The topological polar surface area (TPSA) is 18.5 Å². The Balaban J connectivity index is 1.47. The fourth-order valence-corrected chi connectivity index (χ4v) is 3.88. The number of fused-ring (bicyclic) bond motifs is 1. The highest BCUT2D eigenvalue weighted by molar-refractivity contribution is 7.99. The third-order valence-electron chi connectivity index (χ3n) is 3.70. The van der Waals surface area contributed by atoms with Crippen LogP contribution in [0.1, 0.15) is 30.7 Å². The van der Waals surface area contributed by atoms with Gasteiger partial charge in [0.2, 0.25) is 0 Å². The van der Waals surface area contributed by atoms with E-state index >= 15 is 0 Å². The van der Waals surface area contributed by atoms with Crippen molar-refractivity contribution in [2.75, 3.05) is 25.6 Å². The minimum atomic E-state index is 0.336. The molecule has 3 heteroatoms. The van der Waals surface area contributed by atoms with Gasteiger partial charge in [0.15, 0.2) is 0 Å². The van der Waals surface area contributed by atoms with Crippen LogP contribution in [0.5, 0.6) is 0 Å². The van der Waals surface area contributed by atoms with Crippen LogP contribution in [0.25, 0.3) is 0 Å². The van der Waals surface area contributed by atoms with E-state index in [2.05, 4.69) is 24.3 Å². The van der Waals surface area contributed by atoms with E-state index < -0.39 is 0 Å². The van der Waals surface area contributed by atoms with Crippen LogP contribution in [-0.2, 0) is 9.47 Å². The molecule has 98 valence electrons. The van der Waals surface area contributed by atoms with Crippen molar-refractivity contribution >= 4 is 11.8 Å². The fourth-order valence-electron chi connectivity index (χ4n) is 2.65. The molecule has 1 aromatic carbocycles. The predicted molar refractivity (Wildman–Crippen MR) is 74.3 cm³/mol. The Labute approximate surface area is 113 Å². The third kappa shape index (κ3) is 2.90. The summed E-state index contributed by atoms with van der Waals surface area (Å²) in [6, 6.07) is 8.69. The van der Waals surface area contributed by atoms with Gasteiger partial charge in [-0.15, -0.1) is 11.8 Å². The molecular formula is C15H20O2S. The zero-order valence-corrected chi connectivity index (χ0v) is 11.5. The molecule has 2 heterocycles. The molecule has 1 aromatic rings. The maximum atomic E-state index is 5.88. The van der Waals surface area contributed by atoms with E-state index in [4.69, 9.17) is 9.47 Å². The van der Waals surface area contributed by atoms with Crippen LogP contribution in [0.15, 0.2) is 29.2 Å². The minimum absolute atomic E-state index is 0.336. The molecule has 2 nitrogen and oxygen atoms in total. The van der Waals surface area contributed by atoms with E-state index in [-0.39, 0.29) is 0 Å². The zero-order valence-electron chi connectivity index (χ0n) is 10.6. The molecule has 0 spiro atoms. The molecule has 2 aliphatic heterocycles. The summed E-state index contributed by atoms with van der Waals surface area (Å²) >= 11 is 1.95. The van der Waals surface area contributed by atoms with Gasteiger partial charge in [0, 0.05) is 23.2 Å². The highest BCUT2D eigenvalue weighted by atomic mass is 32.2. The van der Waals surface area contributed by atoms with Gasteiger partial charge in [-0.05, 0) is 30.9 Å². The van der Waals surface area contributed by atoms with Crippen molar-refractivity contribution in [1.29, 1.82) is 0 Å². The molecule has 0 aliphatic carbocycles. The number of thioether (sulfide) groups is 1. The maximum Gasteiger partial charge on any atom is 0.0808 e. The Hall–Kier alpha value is -0.510. The minimum Gasteiger partial charge on any atom is -0.378 e. The predicted octanol–water partition coefficient (Wildman–Crippen LogP) is 3.46. The van der Waals surface area contributed by atoms with E-state index in [0.29, 0.717) is 12.0 Å². The van der Waals surface area contributed by atoms with Crippen LogP contribution in [-0.4, -0.2) is 31.7 Å². The molecule has 3 rings (SSSR count). The number of hydrogen-bond acceptors (Lipinski definition) is 3. The van der Waals surface area contributed by atoms with Gasteiger partial charge in [-0.2, -0.15) is 0 Å². The van der Waals surface area contributed by atoms with Gasteiger partial charge in [-0.1, -0.05) is 18.2 Å². The SMILES string of the molecule is c1ccc2c(c1)SCC2COCC1CCCCO1. The summed E-state index contributed by atoms with van der Waals surface area (Å²) < 4.78 is 11.6. The van der Waals surface area contributed by atoms with Crippen LogP contribution in [0.3, 0.4) is 0 Å². The van der Waals surface area contributed by atoms with Gasteiger partial charge < -0.3 is 9.47 Å². The highest BCUT2D eigenvalue weighted by Gasteiger charge is 2.23. The smallest absolute Gasteiger partial charge is 0.0808 e. The van der Waals surface area contributed by atoms with Gasteiger partial charge in [0.1, 0.15) is 0 Å². The van der Waals surface area contributed by atoms with Crippen LogP contribution >= 0.6 is 11.8 Å². The second kappa shape index (κ2) is 6.09. The fraction of sp³-hybridized carbons (Fsp3) is 0.600. The van der Waals surface area contributed by atoms with E-state index in [9.17, 15) is 0 Å². The van der Waals surface area contributed by atoms with Gasteiger partial charge in [0.25, 0.3) is 0 Å². The molecule has 0 aromatic heterocycles. The Bertz CT molecular complexity index is 388. The lowest BCUT2D eigenvalue weighted by Crippen LogP contribution is -2.25. The van der Waals surface area contributed by atoms with Crippen molar-refractivity contribution in [2.45, 2.75) is 36.2 Å². The molecule has 2 aliphatic rings. The largest absolute Gasteiger partial charge is 0.378 e. The van der Waals surface area contributed by atoms with Crippen LogP contribution in [0.4, 0.5) is 0 Å². The van der Waals surface area contributed by atoms with E-state index in [1.807, 2.05) is 11.8 Å². The van der Waals surface area contributed by atoms with Crippen molar-refractivity contribution in [1.82, 2.24) is 0 Å². The Kier molecular flexibility index (Phi) is 4.24. The summed E-state index contributed by atoms with van der Waals surface area (Å²) in [5.41, 5.74) is 1.46. The molecule has 2 unspecified atom stereocenters. The Morgan fingerprint density at radius 1 is 1.22 bits per heavy atom. The molecular weight excluding hydrogens is 244 g/mol. The van der Waals surface area contributed by atoms with E-state index in [1.54, 1.807) is 0 Å². The molecule has 0 radical (unpaired) electrons. The summed E-state index contributed by atoms with van der Waals surface area (Å²) in [5.74, 6) is 1.72. The van der Waals surface area contributed by atoms with Crippen molar-refractivity contribution in [3.05, 3.63) is 29.8 Å². The highest BCUT2D eigenvalue weighted by Crippen LogP contribution is 2.39. The summed E-state index contributed by atoms with van der Waals surface area (Å²) in [7, 11) is 0. The monoisotopic (exact) mass is 264 g/mol. The molecule has 1 saturated heterocycles. The van der Waals surface area contributed by atoms with Crippen LogP contribution < -0.4 is 0 Å². The lowest BCUT2D eigenvalue weighted by Gasteiger charge is -2.23. The van der Waals surface area contributed by atoms with Gasteiger partial charge in [-0.3, -0.25) is 0 Å². The van der Waals surface area contributed by atoms with Gasteiger partial charge in [-0.25, -0.2) is 0 Å². The van der Waals surface area contributed by atoms with Crippen molar-refractivity contribution < 1.29 is 9.47 Å². The van der Waals surface area contributed by atoms with Crippen molar-refractivity contribution in [2.24, 2.45) is 0 Å². The van der Waals surface area contributed by atoms with Crippen LogP contribution in [0.2, 0.25) is 0 Å². The maximum absolute atomic E-state index is 5.88. The first-order valence-corrected chi connectivity index (χ1v) is 7.83. The lowest BCUT2D eigenvalue weighted by molar-refractivity contribution is -0.0422. The first-order chi connectivity index (χ1) is 8.93. The quantitative estimate of drug-likeness (QED) is 0.829. The molecule has 2 atom stereocenters. The summed E-state index contributed by atoms with van der Waals surface area (Å²) in [6.07, 6.45) is 4.00. The number of hydrogen-bond donors (Lipinski definition) is 0. The van der Waals surface area contributed by atoms with Crippen LogP contribution in [0, 0.1) is 0 Å². The van der Waals surface area contributed by atoms with Crippen molar-refractivity contribution in [3.8, 4) is 0 Å². The second-order valence-corrected chi connectivity index (χ2v) is 6.13. The average molecular weight is 264 g/mol. The zero-order chi connectivity index (χ0) is 12.2. The molecule has 0 amide bonds. The number of rotatable bonds is 4. The Morgan fingerprint density at radius 3 is 3.06 bits per heavy atom. The molecule has 0 N–H and O–H groups in total. The average Bonchev–Trinajstić information content (AvgIpc) is 2.84. The molecule has 0 bridgehead atoms. The Morgan fingerprint density at radius 2 is 2.17 bits per heavy atom. The van der Waals surface area contributed by atoms with Crippen molar-refractivity contribution in [3.63, 3.8) is 0 Å². The first kappa shape index (κ1) is 12.5. The standard InChI is InChI=1S/C15H20O2S/c1-2-7-15-14(6-1)12(11-18-15)9-16-10-13-5-3-4-8-17-13/h1-2,6-7,12-13H,3-5,8-11H2.